The number of hydrogen-bond donors (Lipinski definition) is 3. The molecule has 9 nitrogen and oxygen atoms in total. The van der Waals surface area contributed by atoms with Gasteiger partial charge in [-0.15, -0.1) is 11.8 Å². The van der Waals surface area contributed by atoms with Crippen LogP contribution in [0.2, 0.25) is 5.02 Å². The fourth-order valence-corrected chi connectivity index (χ4v) is 5.64. The summed E-state index contributed by atoms with van der Waals surface area (Å²) in [6.45, 7) is -0.250. The largest absolute Gasteiger partial charge is 0.483 e. The molecule has 156 valence electrons. The van der Waals surface area contributed by atoms with E-state index < -0.39 is 24.9 Å². The minimum Gasteiger partial charge on any atom is -0.483 e. The lowest BCUT2D eigenvalue weighted by atomic mass is 10.2. The first-order valence-electron chi connectivity index (χ1n) is 7.74. The van der Waals surface area contributed by atoms with Gasteiger partial charge in [-0.1, -0.05) is 41.9 Å². The number of carbonyl (C=O) groups is 1. The van der Waals surface area contributed by atoms with Crippen LogP contribution in [0.5, 0.6) is 0 Å². The second-order valence-corrected chi connectivity index (χ2v) is 10.1. The fourth-order valence-electron chi connectivity index (χ4n) is 2.32. The SMILES string of the molecule is NS(=O)(=O)c1cc2c(cc1Cl)N=C(CSCc1ccccc1)NS2(=O)=O.O=CO. The molecule has 0 amide bonds. The summed E-state index contributed by atoms with van der Waals surface area (Å²) >= 11 is 7.42. The minimum atomic E-state index is -4.15. The van der Waals surface area contributed by atoms with E-state index in [4.69, 9.17) is 26.6 Å². The van der Waals surface area contributed by atoms with Crippen molar-refractivity contribution in [2.45, 2.75) is 15.5 Å². The second kappa shape index (κ2) is 9.59. The second-order valence-electron chi connectivity index (χ2n) is 5.54. The number of aliphatic imine (C=N–C) groups is 1. The van der Waals surface area contributed by atoms with Gasteiger partial charge in [0.1, 0.15) is 15.6 Å². The number of thioether (sulfide) groups is 1. The highest BCUT2D eigenvalue weighted by Gasteiger charge is 2.28. The number of rotatable bonds is 5. The molecule has 0 radical (unpaired) electrons. The average Bonchev–Trinajstić information content (AvgIpc) is 2.61. The summed E-state index contributed by atoms with van der Waals surface area (Å²) < 4.78 is 50.3. The molecule has 2 aromatic carbocycles. The van der Waals surface area contributed by atoms with Gasteiger partial charge < -0.3 is 5.11 Å². The van der Waals surface area contributed by atoms with Crippen molar-refractivity contribution < 1.29 is 26.7 Å². The highest BCUT2D eigenvalue weighted by Crippen LogP contribution is 2.35. The van der Waals surface area contributed by atoms with E-state index in [9.17, 15) is 16.8 Å². The zero-order valence-corrected chi connectivity index (χ0v) is 17.9. The lowest BCUT2D eigenvalue weighted by Gasteiger charge is -2.19. The molecule has 1 heterocycles. The number of nitrogens with zero attached hydrogens (tertiary/aromatic N) is 1. The Morgan fingerprint density at radius 1 is 1.21 bits per heavy atom. The monoisotopic (exact) mass is 477 g/mol. The molecule has 0 atom stereocenters. The quantitative estimate of drug-likeness (QED) is 0.555. The van der Waals surface area contributed by atoms with Gasteiger partial charge in [0.2, 0.25) is 10.0 Å². The predicted molar refractivity (Wildman–Crippen MR) is 112 cm³/mol. The van der Waals surface area contributed by atoms with E-state index in [0.717, 1.165) is 11.6 Å². The summed E-state index contributed by atoms with van der Waals surface area (Å²) in [7, 11) is -8.11. The first kappa shape index (κ1) is 23.2. The number of hydrogen-bond acceptors (Lipinski definition) is 7. The molecule has 3 rings (SSSR count). The number of nitrogens with two attached hydrogens (primary N) is 1. The summed E-state index contributed by atoms with van der Waals surface area (Å²) in [6.07, 6.45) is 0. The van der Waals surface area contributed by atoms with Gasteiger partial charge in [0.15, 0.2) is 0 Å². The molecule has 1 aliphatic heterocycles. The summed E-state index contributed by atoms with van der Waals surface area (Å²) in [6, 6.07) is 11.8. The summed E-state index contributed by atoms with van der Waals surface area (Å²) in [5, 5.41) is 11.8. The van der Waals surface area contributed by atoms with Crippen LogP contribution in [0.25, 0.3) is 0 Å². The Morgan fingerprint density at radius 2 is 1.83 bits per heavy atom. The van der Waals surface area contributed by atoms with Crippen LogP contribution in [0, 0.1) is 0 Å². The zero-order valence-electron chi connectivity index (χ0n) is 14.6. The molecule has 0 bridgehead atoms. The van der Waals surface area contributed by atoms with Gasteiger partial charge in [0.25, 0.3) is 16.5 Å². The maximum Gasteiger partial charge on any atom is 0.290 e. The Kier molecular flexibility index (Phi) is 7.66. The molecule has 0 spiro atoms. The van der Waals surface area contributed by atoms with E-state index in [1.807, 2.05) is 30.3 Å². The van der Waals surface area contributed by atoms with Crippen LogP contribution in [0.4, 0.5) is 5.69 Å². The Morgan fingerprint density at radius 3 is 2.41 bits per heavy atom. The lowest BCUT2D eigenvalue weighted by molar-refractivity contribution is -0.122. The molecule has 0 unspecified atom stereocenters. The molecule has 29 heavy (non-hydrogen) atoms. The molecule has 13 heteroatoms. The number of amidine groups is 1. The number of benzene rings is 2. The minimum absolute atomic E-state index is 0.0801. The van der Waals surface area contributed by atoms with E-state index in [2.05, 4.69) is 9.71 Å². The standard InChI is InChI=1S/C15H14ClN3O4S3.CH2O2/c16-11-6-12-14(7-13(11)25(17,20)21)26(22,23)19-15(18-12)9-24-8-10-4-2-1-3-5-10;2-1-3/h1-7H,8-9H2,(H,18,19)(H2,17,20,21);1H,(H,2,3). The van der Waals surface area contributed by atoms with Crippen LogP contribution < -0.4 is 9.86 Å². The number of carboxylic acid groups (broad SMARTS) is 1. The predicted octanol–water partition coefficient (Wildman–Crippen LogP) is 1.94. The number of halogens is 1. The Labute approximate surface area is 177 Å². The van der Waals surface area contributed by atoms with Gasteiger partial charge in [0.05, 0.1) is 16.5 Å². The zero-order chi connectivity index (χ0) is 21.7. The summed E-state index contributed by atoms with van der Waals surface area (Å²) in [4.78, 5) is 11.9. The molecule has 1 aliphatic rings. The van der Waals surface area contributed by atoms with E-state index in [-0.39, 0.29) is 27.9 Å². The third-order valence-corrected chi connectivity index (χ3v) is 7.27. The van der Waals surface area contributed by atoms with Gasteiger partial charge in [-0.05, 0) is 17.7 Å². The molecular weight excluding hydrogens is 462 g/mol. The Bertz CT molecular complexity index is 1140. The highest BCUT2D eigenvalue weighted by atomic mass is 35.5. The van der Waals surface area contributed by atoms with Crippen molar-refractivity contribution in [1.82, 2.24) is 4.72 Å². The summed E-state index contributed by atoms with van der Waals surface area (Å²) in [5.74, 6) is 1.28. The van der Waals surface area contributed by atoms with Crippen LogP contribution >= 0.6 is 23.4 Å². The van der Waals surface area contributed by atoms with Crippen molar-refractivity contribution in [2.75, 3.05) is 5.75 Å². The van der Waals surface area contributed by atoms with Gasteiger partial charge in [-0.3, -0.25) is 9.52 Å². The fraction of sp³-hybridized carbons (Fsp3) is 0.125. The number of primary sulfonamides is 1. The van der Waals surface area contributed by atoms with Gasteiger partial charge in [0, 0.05) is 5.75 Å². The van der Waals surface area contributed by atoms with Crippen molar-refractivity contribution in [1.29, 1.82) is 0 Å². The number of sulfonamides is 2. The highest BCUT2D eigenvalue weighted by molar-refractivity contribution is 7.99. The third-order valence-electron chi connectivity index (χ3n) is 3.47. The Balaban J connectivity index is 0.000000941. The molecule has 0 aliphatic carbocycles. The normalized spacial score (nSPS) is 14.5. The average molecular weight is 478 g/mol. The smallest absolute Gasteiger partial charge is 0.290 e. The third kappa shape index (κ3) is 6.18. The van der Waals surface area contributed by atoms with E-state index in [1.165, 1.54) is 17.8 Å². The van der Waals surface area contributed by atoms with E-state index >= 15 is 0 Å². The molecule has 2 aromatic rings. The van der Waals surface area contributed by atoms with Crippen molar-refractivity contribution in [3.05, 3.63) is 53.1 Å². The topological polar surface area (TPSA) is 156 Å². The van der Waals surface area contributed by atoms with Crippen LogP contribution in [0.15, 0.2) is 57.2 Å². The first-order chi connectivity index (χ1) is 13.6. The first-order valence-corrected chi connectivity index (χ1v) is 12.3. The molecule has 0 saturated carbocycles. The van der Waals surface area contributed by atoms with Crippen LogP contribution in [-0.2, 0) is 30.6 Å². The maximum absolute atomic E-state index is 12.4. The number of nitrogens with one attached hydrogen (secondary N) is 1. The van der Waals surface area contributed by atoms with Crippen molar-refractivity contribution >= 4 is 61.4 Å². The molecule has 0 saturated heterocycles. The van der Waals surface area contributed by atoms with Gasteiger partial charge in [-0.2, -0.15) is 0 Å². The van der Waals surface area contributed by atoms with Crippen LogP contribution in [0.1, 0.15) is 5.56 Å². The maximum atomic E-state index is 12.4. The van der Waals surface area contributed by atoms with Gasteiger partial charge in [-0.25, -0.2) is 27.0 Å². The van der Waals surface area contributed by atoms with E-state index in [0.29, 0.717) is 11.5 Å². The van der Waals surface area contributed by atoms with Crippen molar-refractivity contribution in [3.63, 3.8) is 0 Å². The summed E-state index contributed by atoms with van der Waals surface area (Å²) in [5.41, 5.74) is 1.19. The molecule has 0 fully saturated rings. The van der Waals surface area contributed by atoms with Crippen LogP contribution in [-0.4, -0.2) is 40.0 Å². The number of fused-ring (bicyclic) bond motifs is 1. The molecular formula is C16H16ClN3O6S3. The van der Waals surface area contributed by atoms with Crippen molar-refractivity contribution in [3.8, 4) is 0 Å². The van der Waals surface area contributed by atoms with E-state index in [1.54, 1.807) is 0 Å². The molecule has 4 N–H and O–H groups in total. The lowest BCUT2D eigenvalue weighted by Crippen LogP contribution is -2.35. The Hall–Kier alpha value is -2.12. The van der Waals surface area contributed by atoms with Crippen molar-refractivity contribution in [2.24, 2.45) is 10.1 Å². The molecule has 0 aromatic heterocycles. The van der Waals surface area contributed by atoms with Gasteiger partial charge >= 0.3 is 0 Å². The van der Waals surface area contributed by atoms with Crippen LogP contribution in [0.3, 0.4) is 0 Å².